The number of H-pyrrole nitrogens is 1. The van der Waals surface area contributed by atoms with Gasteiger partial charge in [-0.15, -0.1) is 0 Å². The first-order valence-corrected chi connectivity index (χ1v) is 6.42. The number of nitrogens with one attached hydrogen (secondary N) is 2. The Balaban J connectivity index is 1.77. The van der Waals surface area contributed by atoms with Gasteiger partial charge in [0.05, 0.1) is 29.9 Å². The molecule has 104 valence electrons. The first-order valence-electron chi connectivity index (χ1n) is 6.42. The molecule has 2 aromatic heterocycles. The molecule has 3 aromatic rings. The van der Waals surface area contributed by atoms with E-state index < -0.39 is 11.8 Å². The average Bonchev–Trinajstić information content (AvgIpc) is 3.15. The lowest BCUT2D eigenvalue weighted by Gasteiger charge is -2.06. The van der Waals surface area contributed by atoms with Crippen molar-refractivity contribution in [3.63, 3.8) is 0 Å². The molecule has 2 heterocycles. The molecule has 6 nitrogen and oxygen atoms in total. The molecule has 0 aliphatic heterocycles. The maximum absolute atomic E-state index is 12.1. The Bertz CT molecular complexity index is 766. The third kappa shape index (κ3) is 2.62. The minimum absolute atomic E-state index is 0.240. The summed E-state index contributed by atoms with van der Waals surface area (Å²) in [7, 11) is 0. The van der Waals surface area contributed by atoms with Crippen LogP contribution in [0.1, 0.15) is 17.5 Å². The van der Waals surface area contributed by atoms with Crippen molar-refractivity contribution in [2.75, 3.05) is 0 Å². The zero-order valence-corrected chi connectivity index (χ0v) is 11.0. The van der Waals surface area contributed by atoms with Crippen molar-refractivity contribution in [3.8, 4) is 6.07 Å². The Kier molecular flexibility index (Phi) is 3.39. The van der Waals surface area contributed by atoms with Gasteiger partial charge in [0.25, 0.3) is 0 Å². The van der Waals surface area contributed by atoms with Gasteiger partial charge >= 0.3 is 0 Å². The first kappa shape index (κ1) is 12.9. The highest BCUT2D eigenvalue weighted by Gasteiger charge is 2.23. The van der Waals surface area contributed by atoms with Gasteiger partial charge in [-0.05, 0) is 24.3 Å². The van der Waals surface area contributed by atoms with Gasteiger partial charge in [0.2, 0.25) is 5.91 Å². The minimum Gasteiger partial charge on any atom is -0.467 e. The molecular formula is C15H12N4O2. The van der Waals surface area contributed by atoms with Crippen LogP contribution in [0.3, 0.4) is 0 Å². The quantitative estimate of drug-likeness (QED) is 0.765. The van der Waals surface area contributed by atoms with Crippen LogP contribution in [0.2, 0.25) is 0 Å². The van der Waals surface area contributed by atoms with E-state index in [1.165, 1.54) is 6.26 Å². The Morgan fingerprint density at radius 3 is 2.95 bits per heavy atom. The van der Waals surface area contributed by atoms with E-state index in [-0.39, 0.29) is 6.54 Å². The molecule has 0 fully saturated rings. The van der Waals surface area contributed by atoms with E-state index in [0.717, 1.165) is 11.0 Å². The molecule has 6 heteroatoms. The highest BCUT2D eigenvalue weighted by atomic mass is 16.3. The fourth-order valence-corrected chi connectivity index (χ4v) is 2.04. The maximum atomic E-state index is 12.1. The molecule has 3 rings (SSSR count). The molecule has 2 N–H and O–H groups in total. The second-order valence-electron chi connectivity index (χ2n) is 4.50. The molecule has 0 unspecified atom stereocenters. The summed E-state index contributed by atoms with van der Waals surface area (Å²) in [4.78, 5) is 19.4. The SMILES string of the molecule is N#C[C@H](C(=O)NCc1ccco1)c1nc2ccccc2[nH]1. The summed E-state index contributed by atoms with van der Waals surface area (Å²) in [6, 6.07) is 12.9. The number of hydrogen-bond acceptors (Lipinski definition) is 4. The maximum Gasteiger partial charge on any atom is 0.245 e. The molecule has 0 saturated heterocycles. The van der Waals surface area contributed by atoms with Gasteiger partial charge in [-0.1, -0.05) is 12.1 Å². The molecule has 0 aliphatic carbocycles. The largest absolute Gasteiger partial charge is 0.467 e. The number of aromatic amines is 1. The van der Waals surface area contributed by atoms with Crippen LogP contribution in [-0.2, 0) is 11.3 Å². The molecule has 0 aliphatic rings. The molecule has 0 bridgehead atoms. The Morgan fingerprint density at radius 1 is 1.38 bits per heavy atom. The van der Waals surface area contributed by atoms with Gasteiger partial charge < -0.3 is 14.7 Å². The number of para-hydroxylation sites is 2. The molecule has 21 heavy (non-hydrogen) atoms. The number of imidazole rings is 1. The van der Waals surface area contributed by atoms with Gasteiger partial charge in [-0.25, -0.2) is 4.98 Å². The first-order chi connectivity index (χ1) is 10.3. The predicted octanol–water partition coefficient (Wildman–Crippen LogP) is 2.08. The van der Waals surface area contributed by atoms with E-state index in [4.69, 9.17) is 4.42 Å². The summed E-state index contributed by atoms with van der Waals surface area (Å²) in [6.07, 6.45) is 1.53. The second-order valence-corrected chi connectivity index (χ2v) is 4.50. The molecule has 1 amide bonds. The number of carbonyl (C=O) groups is 1. The smallest absolute Gasteiger partial charge is 0.245 e. The van der Waals surface area contributed by atoms with E-state index in [2.05, 4.69) is 15.3 Å². The number of furan rings is 1. The third-order valence-electron chi connectivity index (χ3n) is 3.09. The van der Waals surface area contributed by atoms with Crippen LogP contribution in [-0.4, -0.2) is 15.9 Å². The summed E-state index contributed by atoms with van der Waals surface area (Å²) in [5.41, 5.74) is 1.53. The molecule has 1 atom stereocenters. The van der Waals surface area contributed by atoms with E-state index in [1.807, 2.05) is 30.3 Å². The Labute approximate surface area is 120 Å². The van der Waals surface area contributed by atoms with Gasteiger partial charge in [-0.2, -0.15) is 5.26 Å². The lowest BCUT2D eigenvalue weighted by Crippen LogP contribution is -2.28. The van der Waals surface area contributed by atoms with Gasteiger partial charge in [0.15, 0.2) is 5.92 Å². The topological polar surface area (TPSA) is 94.7 Å². The Hall–Kier alpha value is -3.07. The van der Waals surface area contributed by atoms with Crippen LogP contribution < -0.4 is 5.32 Å². The number of hydrogen-bond donors (Lipinski definition) is 2. The Morgan fingerprint density at radius 2 is 2.24 bits per heavy atom. The highest BCUT2D eigenvalue weighted by molar-refractivity contribution is 5.86. The summed E-state index contributed by atoms with van der Waals surface area (Å²) in [6.45, 7) is 0.240. The molecule has 0 spiro atoms. The van der Waals surface area contributed by atoms with Crippen LogP contribution in [0.5, 0.6) is 0 Å². The second kappa shape index (κ2) is 5.51. The highest BCUT2D eigenvalue weighted by Crippen LogP contribution is 2.17. The number of nitriles is 1. The van der Waals surface area contributed by atoms with Crippen molar-refractivity contribution in [3.05, 3.63) is 54.2 Å². The molecule has 0 radical (unpaired) electrons. The minimum atomic E-state index is -0.979. The van der Waals surface area contributed by atoms with Crippen LogP contribution in [0, 0.1) is 11.3 Å². The van der Waals surface area contributed by atoms with Crippen molar-refractivity contribution >= 4 is 16.9 Å². The van der Waals surface area contributed by atoms with E-state index >= 15 is 0 Å². The fraction of sp³-hybridized carbons (Fsp3) is 0.133. The summed E-state index contributed by atoms with van der Waals surface area (Å²) < 4.78 is 5.13. The molecule has 0 saturated carbocycles. The fourth-order valence-electron chi connectivity index (χ4n) is 2.04. The van der Waals surface area contributed by atoms with E-state index in [9.17, 15) is 10.1 Å². The monoisotopic (exact) mass is 280 g/mol. The van der Waals surface area contributed by atoms with Crippen LogP contribution in [0.4, 0.5) is 0 Å². The lowest BCUT2D eigenvalue weighted by molar-refractivity contribution is -0.121. The van der Waals surface area contributed by atoms with E-state index in [1.54, 1.807) is 12.1 Å². The zero-order chi connectivity index (χ0) is 14.7. The number of benzene rings is 1. The third-order valence-corrected chi connectivity index (χ3v) is 3.09. The van der Waals surface area contributed by atoms with Gasteiger partial charge in [0.1, 0.15) is 11.6 Å². The number of carbonyl (C=O) groups excluding carboxylic acids is 1. The van der Waals surface area contributed by atoms with Crippen LogP contribution in [0.15, 0.2) is 47.1 Å². The van der Waals surface area contributed by atoms with Crippen molar-refractivity contribution in [1.29, 1.82) is 5.26 Å². The normalized spacial score (nSPS) is 12.0. The van der Waals surface area contributed by atoms with Crippen molar-refractivity contribution < 1.29 is 9.21 Å². The van der Waals surface area contributed by atoms with Crippen molar-refractivity contribution in [2.45, 2.75) is 12.5 Å². The standard InChI is InChI=1S/C15H12N4O2/c16-8-11(15(20)17-9-10-4-3-7-21-10)14-18-12-5-1-2-6-13(12)19-14/h1-7,11H,9H2,(H,17,20)(H,18,19)/t11-/m0/s1. The van der Waals surface area contributed by atoms with Crippen LogP contribution in [0.25, 0.3) is 11.0 Å². The summed E-state index contributed by atoms with van der Waals surface area (Å²) in [5, 5.41) is 11.9. The predicted molar refractivity (Wildman–Crippen MR) is 75.0 cm³/mol. The van der Waals surface area contributed by atoms with Crippen LogP contribution >= 0.6 is 0 Å². The summed E-state index contributed by atoms with van der Waals surface area (Å²) >= 11 is 0. The lowest BCUT2D eigenvalue weighted by atomic mass is 10.1. The van der Waals surface area contributed by atoms with Gasteiger partial charge in [0, 0.05) is 0 Å². The van der Waals surface area contributed by atoms with Gasteiger partial charge in [-0.3, -0.25) is 4.79 Å². The molecular weight excluding hydrogens is 268 g/mol. The summed E-state index contributed by atoms with van der Waals surface area (Å²) in [5.74, 6) is -0.416. The number of rotatable bonds is 4. The number of aromatic nitrogens is 2. The number of fused-ring (bicyclic) bond motifs is 1. The van der Waals surface area contributed by atoms with E-state index in [0.29, 0.717) is 11.6 Å². The van der Waals surface area contributed by atoms with Crippen molar-refractivity contribution in [2.24, 2.45) is 0 Å². The number of nitrogens with zero attached hydrogens (tertiary/aromatic N) is 2. The van der Waals surface area contributed by atoms with Crippen molar-refractivity contribution in [1.82, 2.24) is 15.3 Å². The average molecular weight is 280 g/mol. The number of amides is 1. The molecule has 1 aromatic carbocycles. The zero-order valence-electron chi connectivity index (χ0n) is 11.0.